The minimum atomic E-state index is -0.541. The molecule has 0 saturated heterocycles. The predicted molar refractivity (Wildman–Crippen MR) is 95.0 cm³/mol. The van der Waals surface area contributed by atoms with E-state index in [2.05, 4.69) is 21.4 Å². The molecule has 2 heterocycles. The summed E-state index contributed by atoms with van der Waals surface area (Å²) in [5.74, 6) is 1.14. The van der Waals surface area contributed by atoms with Crippen molar-refractivity contribution in [2.45, 2.75) is 56.3 Å². The quantitative estimate of drug-likeness (QED) is 0.904. The van der Waals surface area contributed by atoms with Gasteiger partial charge in [0.1, 0.15) is 5.82 Å². The standard InChI is InChI=1S/C19H24N4O/c1-21-17-15-11-22-16(19(7-8-19)18(20)24)9-13(15)14(10-23-17)12-5-3-2-4-6-12/h9-12H,2-8H2,1H3,(H2,20,24)(H,21,23). The summed E-state index contributed by atoms with van der Waals surface area (Å²) < 4.78 is 0. The van der Waals surface area contributed by atoms with Gasteiger partial charge in [0, 0.05) is 24.8 Å². The highest BCUT2D eigenvalue weighted by Crippen LogP contribution is 2.48. The average Bonchev–Trinajstić information content (AvgIpc) is 3.43. The van der Waals surface area contributed by atoms with Crippen LogP contribution in [0.25, 0.3) is 10.8 Å². The lowest BCUT2D eigenvalue weighted by atomic mass is 9.82. The van der Waals surface area contributed by atoms with Crippen LogP contribution in [-0.2, 0) is 10.2 Å². The molecule has 0 atom stereocenters. The van der Waals surface area contributed by atoms with E-state index in [1.807, 2.05) is 19.4 Å². The van der Waals surface area contributed by atoms with E-state index >= 15 is 0 Å². The molecule has 24 heavy (non-hydrogen) atoms. The van der Waals surface area contributed by atoms with E-state index < -0.39 is 5.41 Å². The third kappa shape index (κ3) is 2.34. The van der Waals surface area contributed by atoms with Gasteiger partial charge in [0.2, 0.25) is 5.91 Å². The first-order valence-electron chi connectivity index (χ1n) is 8.92. The van der Waals surface area contributed by atoms with E-state index in [1.165, 1.54) is 43.1 Å². The Balaban J connectivity index is 1.87. The van der Waals surface area contributed by atoms with Crippen LogP contribution in [0.1, 0.15) is 62.1 Å². The minimum absolute atomic E-state index is 0.253. The fourth-order valence-corrected chi connectivity index (χ4v) is 4.11. The Morgan fingerprint density at radius 1 is 1.17 bits per heavy atom. The molecule has 5 nitrogen and oxygen atoms in total. The third-order valence-corrected chi connectivity index (χ3v) is 5.80. The Labute approximate surface area is 142 Å². The number of carbonyl (C=O) groups is 1. The van der Waals surface area contributed by atoms with E-state index in [4.69, 9.17) is 5.73 Å². The number of amides is 1. The number of nitrogens with zero attached hydrogens (tertiary/aromatic N) is 2. The van der Waals surface area contributed by atoms with Crippen LogP contribution in [0, 0.1) is 0 Å². The number of aromatic nitrogens is 2. The van der Waals surface area contributed by atoms with Gasteiger partial charge in [0.05, 0.1) is 11.1 Å². The molecule has 2 fully saturated rings. The van der Waals surface area contributed by atoms with Crippen molar-refractivity contribution >= 4 is 22.5 Å². The van der Waals surface area contributed by atoms with E-state index in [0.717, 1.165) is 29.7 Å². The number of hydrogen-bond donors (Lipinski definition) is 2. The molecule has 0 aliphatic heterocycles. The molecule has 0 radical (unpaired) electrons. The lowest BCUT2D eigenvalue weighted by Crippen LogP contribution is -2.29. The molecule has 2 aromatic heterocycles. The van der Waals surface area contributed by atoms with Crippen molar-refractivity contribution in [3.05, 3.63) is 29.7 Å². The first-order chi connectivity index (χ1) is 11.7. The van der Waals surface area contributed by atoms with Crippen molar-refractivity contribution in [3.8, 4) is 0 Å². The average molecular weight is 324 g/mol. The van der Waals surface area contributed by atoms with Gasteiger partial charge in [-0.3, -0.25) is 9.78 Å². The van der Waals surface area contributed by atoms with Crippen molar-refractivity contribution in [1.29, 1.82) is 0 Å². The van der Waals surface area contributed by atoms with Crippen molar-refractivity contribution < 1.29 is 4.79 Å². The first-order valence-corrected chi connectivity index (χ1v) is 8.92. The van der Waals surface area contributed by atoms with E-state index in [-0.39, 0.29) is 5.91 Å². The first kappa shape index (κ1) is 15.4. The van der Waals surface area contributed by atoms with Gasteiger partial charge in [0.25, 0.3) is 0 Å². The fourth-order valence-electron chi connectivity index (χ4n) is 4.11. The largest absolute Gasteiger partial charge is 0.373 e. The summed E-state index contributed by atoms with van der Waals surface area (Å²) in [4.78, 5) is 21.1. The molecule has 0 aromatic carbocycles. The molecule has 4 rings (SSSR count). The maximum atomic E-state index is 11.9. The Morgan fingerprint density at radius 2 is 1.92 bits per heavy atom. The summed E-state index contributed by atoms with van der Waals surface area (Å²) in [5.41, 5.74) is 7.23. The van der Waals surface area contributed by atoms with Crippen LogP contribution in [0.15, 0.2) is 18.5 Å². The summed E-state index contributed by atoms with van der Waals surface area (Å²) in [6.45, 7) is 0. The lowest BCUT2D eigenvalue weighted by molar-refractivity contribution is -0.120. The van der Waals surface area contributed by atoms with Crippen LogP contribution in [0.5, 0.6) is 0 Å². The van der Waals surface area contributed by atoms with Crippen LogP contribution in [0.2, 0.25) is 0 Å². The van der Waals surface area contributed by atoms with Crippen molar-refractivity contribution in [2.24, 2.45) is 5.73 Å². The van der Waals surface area contributed by atoms with Gasteiger partial charge >= 0.3 is 0 Å². The second kappa shape index (κ2) is 5.72. The van der Waals surface area contributed by atoms with Crippen LogP contribution < -0.4 is 11.1 Å². The van der Waals surface area contributed by atoms with E-state index in [0.29, 0.717) is 5.92 Å². The third-order valence-electron chi connectivity index (χ3n) is 5.80. The molecule has 2 saturated carbocycles. The van der Waals surface area contributed by atoms with Gasteiger partial charge < -0.3 is 11.1 Å². The van der Waals surface area contributed by atoms with Gasteiger partial charge in [-0.25, -0.2) is 4.98 Å². The molecule has 5 heteroatoms. The van der Waals surface area contributed by atoms with Gasteiger partial charge in [-0.15, -0.1) is 0 Å². The number of nitrogens with two attached hydrogens (primary N) is 1. The molecule has 3 N–H and O–H groups in total. The SMILES string of the molecule is CNc1ncc(C2CCCCC2)c2cc(C3(C(N)=O)CC3)ncc12. The Bertz CT molecular complexity index is 791. The number of pyridine rings is 2. The number of anilines is 1. The topological polar surface area (TPSA) is 80.9 Å². The fraction of sp³-hybridized carbons (Fsp3) is 0.526. The van der Waals surface area contributed by atoms with Gasteiger partial charge in [0.15, 0.2) is 0 Å². The predicted octanol–water partition coefficient (Wildman–Crippen LogP) is 3.24. The molecule has 0 unspecified atom stereocenters. The van der Waals surface area contributed by atoms with Crippen molar-refractivity contribution in [1.82, 2.24) is 9.97 Å². The summed E-state index contributed by atoms with van der Waals surface area (Å²) in [6, 6.07) is 2.10. The number of primary amides is 1. The Kier molecular flexibility index (Phi) is 3.66. The molecule has 0 spiro atoms. The number of fused-ring (bicyclic) bond motifs is 1. The van der Waals surface area contributed by atoms with Crippen LogP contribution >= 0.6 is 0 Å². The highest BCUT2D eigenvalue weighted by atomic mass is 16.1. The summed E-state index contributed by atoms with van der Waals surface area (Å²) in [5, 5.41) is 5.37. The van der Waals surface area contributed by atoms with Gasteiger partial charge in [-0.1, -0.05) is 19.3 Å². The second-order valence-electron chi connectivity index (χ2n) is 7.21. The molecule has 2 aliphatic carbocycles. The van der Waals surface area contributed by atoms with Crippen LogP contribution in [0.3, 0.4) is 0 Å². The second-order valence-corrected chi connectivity index (χ2v) is 7.21. The molecular formula is C19H24N4O. The maximum absolute atomic E-state index is 11.9. The zero-order chi connectivity index (χ0) is 16.7. The van der Waals surface area contributed by atoms with E-state index in [9.17, 15) is 4.79 Å². The minimum Gasteiger partial charge on any atom is -0.373 e. The molecule has 2 aliphatic rings. The molecule has 0 bridgehead atoms. The number of hydrogen-bond acceptors (Lipinski definition) is 4. The molecular weight excluding hydrogens is 300 g/mol. The zero-order valence-corrected chi connectivity index (χ0v) is 14.1. The van der Waals surface area contributed by atoms with Crippen LogP contribution in [-0.4, -0.2) is 22.9 Å². The van der Waals surface area contributed by atoms with Crippen molar-refractivity contribution in [3.63, 3.8) is 0 Å². The molecule has 2 aromatic rings. The maximum Gasteiger partial charge on any atom is 0.229 e. The molecule has 1 amide bonds. The molecule has 126 valence electrons. The smallest absolute Gasteiger partial charge is 0.229 e. The summed E-state index contributed by atoms with van der Waals surface area (Å²) in [6.07, 6.45) is 11.8. The number of rotatable bonds is 4. The Morgan fingerprint density at radius 3 is 2.54 bits per heavy atom. The van der Waals surface area contributed by atoms with Crippen molar-refractivity contribution in [2.75, 3.05) is 12.4 Å². The zero-order valence-electron chi connectivity index (χ0n) is 14.1. The van der Waals surface area contributed by atoms with Crippen LogP contribution in [0.4, 0.5) is 5.82 Å². The van der Waals surface area contributed by atoms with Gasteiger partial charge in [-0.05, 0) is 48.6 Å². The Hall–Kier alpha value is -2.17. The number of carbonyl (C=O) groups excluding carboxylic acids is 1. The monoisotopic (exact) mass is 324 g/mol. The lowest BCUT2D eigenvalue weighted by Gasteiger charge is -2.24. The number of nitrogens with one attached hydrogen (secondary N) is 1. The van der Waals surface area contributed by atoms with Gasteiger partial charge in [-0.2, -0.15) is 0 Å². The summed E-state index contributed by atoms with van der Waals surface area (Å²) >= 11 is 0. The van der Waals surface area contributed by atoms with E-state index in [1.54, 1.807) is 0 Å². The highest BCUT2D eigenvalue weighted by Gasteiger charge is 2.51. The summed E-state index contributed by atoms with van der Waals surface area (Å²) in [7, 11) is 1.88. The normalized spacial score (nSPS) is 20.0. The highest BCUT2D eigenvalue weighted by molar-refractivity contribution is 5.96.